The third kappa shape index (κ3) is 3.13. The SMILES string of the molecule is COc1ccc([C@H]2CCCS(=O)(=O)c3ccc(N(C)C)cc32)cc1. The van der Waals surface area contributed by atoms with E-state index in [-0.39, 0.29) is 11.7 Å². The molecule has 0 unspecified atom stereocenters. The minimum absolute atomic E-state index is 0.0862. The molecule has 4 nitrogen and oxygen atoms in total. The monoisotopic (exact) mass is 345 g/mol. The zero-order valence-corrected chi connectivity index (χ0v) is 15.1. The molecule has 0 radical (unpaired) electrons. The minimum Gasteiger partial charge on any atom is -0.497 e. The number of sulfone groups is 1. The van der Waals surface area contributed by atoms with E-state index < -0.39 is 9.84 Å². The molecule has 0 saturated heterocycles. The number of fused-ring (bicyclic) bond motifs is 1. The molecule has 0 N–H and O–H groups in total. The predicted molar refractivity (Wildman–Crippen MR) is 96.9 cm³/mol. The summed E-state index contributed by atoms with van der Waals surface area (Å²) >= 11 is 0. The number of rotatable bonds is 3. The molecular formula is C19H23NO3S. The molecule has 2 aromatic carbocycles. The highest BCUT2D eigenvalue weighted by atomic mass is 32.2. The van der Waals surface area contributed by atoms with Crippen LogP contribution in [0.1, 0.15) is 29.9 Å². The summed E-state index contributed by atoms with van der Waals surface area (Å²) in [7, 11) is 2.36. The van der Waals surface area contributed by atoms with E-state index in [1.54, 1.807) is 13.2 Å². The lowest BCUT2D eigenvalue weighted by Gasteiger charge is -2.21. The van der Waals surface area contributed by atoms with Gasteiger partial charge >= 0.3 is 0 Å². The second-order valence-corrected chi connectivity index (χ2v) is 8.48. The topological polar surface area (TPSA) is 46.6 Å². The van der Waals surface area contributed by atoms with Gasteiger partial charge in [0.1, 0.15) is 5.75 Å². The second kappa shape index (κ2) is 6.48. The van der Waals surface area contributed by atoms with E-state index in [4.69, 9.17) is 4.74 Å². The van der Waals surface area contributed by atoms with Gasteiger partial charge in [0.25, 0.3) is 0 Å². The highest BCUT2D eigenvalue weighted by molar-refractivity contribution is 7.91. The van der Waals surface area contributed by atoms with Crippen LogP contribution >= 0.6 is 0 Å². The van der Waals surface area contributed by atoms with Crippen molar-refractivity contribution < 1.29 is 13.2 Å². The molecule has 1 aliphatic heterocycles. The Labute approximate surface area is 144 Å². The van der Waals surface area contributed by atoms with Gasteiger partial charge in [-0.05, 0) is 54.3 Å². The van der Waals surface area contributed by atoms with Gasteiger partial charge in [-0.2, -0.15) is 0 Å². The summed E-state index contributed by atoms with van der Waals surface area (Å²) in [6.45, 7) is 0. The molecule has 0 amide bonds. The van der Waals surface area contributed by atoms with Gasteiger partial charge in [0.2, 0.25) is 0 Å². The van der Waals surface area contributed by atoms with E-state index in [9.17, 15) is 8.42 Å². The average molecular weight is 345 g/mol. The Hall–Kier alpha value is -2.01. The van der Waals surface area contributed by atoms with Crippen LogP contribution in [0.3, 0.4) is 0 Å². The summed E-state index contributed by atoms with van der Waals surface area (Å²) in [4.78, 5) is 2.48. The number of hydrogen-bond donors (Lipinski definition) is 0. The van der Waals surface area contributed by atoms with E-state index in [0.717, 1.165) is 29.0 Å². The Morgan fingerprint density at radius 3 is 2.42 bits per heavy atom. The second-order valence-electron chi connectivity index (χ2n) is 6.40. The van der Waals surface area contributed by atoms with Gasteiger partial charge in [-0.1, -0.05) is 12.1 Å². The first kappa shape index (κ1) is 16.8. The molecular weight excluding hydrogens is 322 g/mol. The highest BCUT2D eigenvalue weighted by Crippen LogP contribution is 2.39. The smallest absolute Gasteiger partial charge is 0.178 e. The van der Waals surface area contributed by atoms with Gasteiger partial charge in [0.15, 0.2) is 9.84 Å². The summed E-state index contributed by atoms with van der Waals surface area (Å²) in [5.74, 6) is 1.11. The van der Waals surface area contributed by atoms with Crippen molar-refractivity contribution in [2.24, 2.45) is 0 Å². The standard InChI is InChI=1S/C19H23NO3S/c1-20(2)15-8-11-19-18(13-15)17(5-4-12-24(19,21)22)14-6-9-16(23-3)10-7-14/h6-11,13,17H,4-5,12H2,1-3H3/t17-/m1/s1. The van der Waals surface area contributed by atoms with Crippen molar-refractivity contribution in [1.29, 1.82) is 0 Å². The van der Waals surface area contributed by atoms with Gasteiger partial charge in [0.05, 0.1) is 17.8 Å². The van der Waals surface area contributed by atoms with E-state index >= 15 is 0 Å². The Kier molecular flexibility index (Phi) is 4.54. The molecule has 0 spiro atoms. The van der Waals surface area contributed by atoms with Crippen LogP contribution in [0.2, 0.25) is 0 Å². The lowest BCUT2D eigenvalue weighted by molar-refractivity contribution is 0.414. The molecule has 24 heavy (non-hydrogen) atoms. The minimum atomic E-state index is -3.22. The van der Waals surface area contributed by atoms with E-state index in [2.05, 4.69) is 0 Å². The normalized spacial score (nSPS) is 19.2. The third-order valence-electron chi connectivity index (χ3n) is 4.64. The maximum atomic E-state index is 12.6. The number of methoxy groups -OCH3 is 1. The van der Waals surface area contributed by atoms with Crippen LogP contribution in [-0.2, 0) is 9.84 Å². The van der Waals surface area contributed by atoms with Gasteiger partial charge in [-0.15, -0.1) is 0 Å². The first-order valence-corrected chi connectivity index (χ1v) is 9.75. The molecule has 0 aliphatic carbocycles. The van der Waals surface area contributed by atoms with Gasteiger partial charge in [-0.25, -0.2) is 8.42 Å². The zero-order valence-electron chi connectivity index (χ0n) is 14.3. The average Bonchev–Trinajstić information content (AvgIpc) is 2.71. The van der Waals surface area contributed by atoms with Crippen molar-refractivity contribution in [3.63, 3.8) is 0 Å². The quantitative estimate of drug-likeness (QED) is 0.855. The Balaban J connectivity index is 2.15. The van der Waals surface area contributed by atoms with Crippen molar-refractivity contribution in [1.82, 2.24) is 0 Å². The Morgan fingerprint density at radius 1 is 1.08 bits per heavy atom. The Morgan fingerprint density at radius 2 is 1.79 bits per heavy atom. The molecule has 1 atom stereocenters. The molecule has 0 fully saturated rings. The highest BCUT2D eigenvalue weighted by Gasteiger charge is 2.29. The van der Waals surface area contributed by atoms with Crippen molar-refractivity contribution in [2.75, 3.05) is 31.9 Å². The molecule has 128 valence electrons. The zero-order chi connectivity index (χ0) is 17.3. The number of anilines is 1. The van der Waals surface area contributed by atoms with Crippen molar-refractivity contribution in [2.45, 2.75) is 23.7 Å². The number of benzene rings is 2. The van der Waals surface area contributed by atoms with Gasteiger partial charge in [-0.3, -0.25) is 0 Å². The van der Waals surface area contributed by atoms with Crippen molar-refractivity contribution in [3.05, 3.63) is 53.6 Å². The van der Waals surface area contributed by atoms with E-state index in [1.165, 1.54) is 0 Å². The van der Waals surface area contributed by atoms with Crippen LogP contribution in [-0.4, -0.2) is 35.4 Å². The fourth-order valence-electron chi connectivity index (χ4n) is 3.29. The molecule has 2 aromatic rings. The lowest BCUT2D eigenvalue weighted by atomic mass is 9.87. The Bertz CT molecular complexity index is 826. The predicted octanol–water partition coefficient (Wildman–Crippen LogP) is 3.46. The fraction of sp³-hybridized carbons (Fsp3) is 0.368. The van der Waals surface area contributed by atoms with Crippen molar-refractivity contribution >= 4 is 15.5 Å². The lowest BCUT2D eigenvalue weighted by Crippen LogP contribution is -2.12. The van der Waals surface area contributed by atoms with Crippen LogP contribution in [0.5, 0.6) is 5.75 Å². The summed E-state index contributed by atoms with van der Waals surface area (Å²) in [6.07, 6.45) is 1.50. The molecule has 3 rings (SSSR count). The first-order valence-electron chi connectivity index (χ1n) is 8.10. The maximum Gasteiger partial charge on any atom is 0.178 e. The molecule has 1 heterocycles. The fourth-order valence-corrected chi connectivity index (χ4v) is 4.90. The van der Waals surface area contributed by atoms with Crippen LogP contribution in [0.15, 0.2) is 47.4 Å². The molecule has 5 heteroatoms. The number of ether oxygens (including phenoxy) is 1. The van der Waals surface area contributed by atoms with Crippen LogP contribution in [0.25, 0.3) is 0 Å². The van der Waals surface area contributed by atoms with Crippen LogP contribution < -0.4 is 9.64 Å². The summed E-state index contributed by atoms with van der Waals surface area (Å²) in [6, 6.07) is 13.6. The van der Waals surface area contributed by atoms with Crippen LogP contribution in [0.4, 0.5) is 5.69 Å². The largest absolute Gasteiger partial charge is 0.497 e. The van der Waals surface area contributed by atoms with Crippen molar-refractivity contribution in [3.8, 4) is 5.75 Å². The number of hydrogen-bond acceptors (Lipinski definition) is 4. The third-order valence-corrected chi connectivity index (χ3v) is 6.51. The first-order chi connectivity index (χ1) is 11.4. The van der Waals surface area contributed by atoms with Crippen LogP contribution in [0, 0.1) is 0 Å². The van der Waals surface area contributed by atoms with E-state index in [0.29, 0.717) is 11.3 Å². The molecule has 1 aliphatic rings. The summed E-state index contributed by atoms with van der Waals surface area (Å²) in [5.41, 5.74) is 3.05. The van der Waals surface area contributed by atoms with Gasteiger partial charge < -0.3 is 9.64 Å². The maximum absolute atomic E-state index is 12.6. The van der Waals surface area contributed by atoms with Gasteiger partial charge in [0, 0.05) is 25.7 Å². The summed E-state index contributed by atoms with van der Waals surface area (Å²) in [5, 5.41) is 0. The molecule has 0 aromatic heterocycles. The van der Waals surface area contributed by atoms with E-state index in [1.807, 2.05) is 55.4 Å². The molecule has 0 saturated carbocycles. The molecule has 0 bridgehead atoms. The summed E-state index contributed by atoms with van der Waals surface area (Å²) < 4.78 is 30.5. The number of nitrogens with zero attached hydrogens (tertiary/aromatic N) is 1.